The SMILES string of the molecule is NC(CC(=O)O)S(=O)(=O)c1ccc(Br)s1. The Morgan fingerprint density at radius 2 is 2.20 bits per heavy atom. The smallest absolute Gasteiger partial charge is 0.306 e. The van der Waals surface area contributed by atoms with Crippen LogP contribution in [-0.2, 0) is 14.6 Å². The molecule has 15 heavy (non-hydrogen) atoms. The number of rotatable bonds is 4. The van der Waals surface area contributed by atoms with Crippen molar-refractivity contribution >= 4 is 43.1 Å². The normalized spacial score (nSPS) is 13.7. The Balaban J connectivity index is 2.98. The molecule has 0 spiro atoms. The van der Waals surface area contributed by atoms with Crippen molar-refractivity contribution in [1.29, 1.82) is 0 Å². The Labute approximate surface area is 99.0 Å². The van der Waals surface area contributed by atoms with Gasteiger partial charge in [-0.25, -0.2) is 8.42 Å². The highest BCUT2D eigenvalue weighted by molar-refractivity contribution is 9.11. The van der Waals surface area contributed by atoms with Gasteiger partial charge in [-0.2, -0.15) is 0 Å². The molecule has 1 heterocycles. The topological polar surface area (TPSA) is 97.5 Å². The van der Waals surface area contributed by atoms with E-state index < -0.39 is 27.6 Å². The molecule has 1 aromatic heterocycles. The number of hydrogen-bond donors (Lipinski definition) is 2. The van der Waals surface area contributed by atoms with Crippen molar-refractivity contribution < 1.29 is 18.3 Å². The molecular formula is C7H8BrNO4S2. The number of sulfone groups is 1. The van der Waals surface area contributed by atoms with Gasteiger partial charge in [0.05, 0.1) is 10.2 Å². The average Bonchev–Trinajstić information content (AvgIpc) is 2.50. The van der Waals surface area contributed by atoms with Crippen molar-refractivity contribution in [2.24, 2.45) is 5.73 Å². The molecule has 0 saturated carbocycles. The summed E-state index contributed by atoms with van der Waals surface area (Å²) in [6.07, 6.45) is -0.599. The van der Waals surface area contributed by atoms with Crippen molar-refractivity contribution in [3.63, 3.8) is 0 Å². The second-order valence-corrected chi connectivity index (χ2v) is 7.60. The fourth-order valence-corrected chi connectivity index (χ4v) is 4.35. The van der Waals surface area contributed by atoms with Gasteiger partial charge in [-0.3, -0.25) is 4.79 Å². The van der Waals surface area contributed by atoms with Crippen molar-refractivity contribution in [2.75, 3.05) is 0 Å². The molecule has 0 saturated heterocycles. The summed E-state index contributed by atoms with van der Waals surface area (Å²) in [5, 5.41) is 7.05. The lowest BCUT2D eigenvalue weighted by molar-refractivity contribution is -0.137. The van der Waals surface area contributed by atoms with E-state index in [0.717, 1.165) is 11.3 Å². The first kappa shape index (κ1) is 12.6. The second-order valence-electron chi connectivity index (χ2n) is 2.74. The minimum atomic E-state index is -3.73. The summed E-state index contributed by atoms with van der Waals surface area (Å²) in [7, 11) is -3.73. The number of carbonyl (C=O) groups is 1. The molecule has 1 rings (SSSR count). The standard InChI is InChI=1S/C7H8BrNO4S2/c8-4-1-2-7(14-4)15(12,13)5(9)3-6(10)11/h1-2,5H,3,9H2,(H,10,11). The molecule has 1 aromatic rings. The summed E-state index contributed by atoms with van der Waals surface area (Å²) in [6, 6.07) is 2.97. The maximum atomic E-state index is 11.7. The van der Waals surface area contributed by atoms with Crippen LogP contribution < -0.4 is 5.73 Å². The number of thiophene rings is 1. The Hall–Kier alpha value is -0.440. The first-order valence-electron chi connectivity index (χ1n) is 3.80. The van der Waals surface area contributed by atoms with E-state index in [-0.39, 0.29) is 4.21 Å². The molecule has 5 nitrogen and oxygen atoms in total. The monoisotopic (exact) mass is 313 g/mol. The zero-order valence-electron chi connectivity index (χ0n) is 7.38. The summed E-state index contributed by atoms with van der Waals surface area (Å²) >= 11 is 4.13. The number of carboxylic acids is 1. The van der Waals surface area contributed by atoms with Gasteiger partial charge >= 0.3 is 5.97 Å². The third kappa shape index (κ3) is 3.00. The van der Waals surface area contributed by atoms with E-state index in [1.807, 2.05) is 0 Å². The molecule has 3 N–H and O–H groups in total. The van der Waals surface area contributed by atoms with Crippen LogP contribution in [0.25, 0.3) is 0 Å². The van der Waals surface area contributed by atoms with E-state index in [1.165, 1.54) is 6.07 Å². The van der Waals surface area contributed by atoms with E-state index in [1.54, 1.807) is 6.07 Å². The number of halogens is 1. The molecule has 0 fully saturated rings. The van der Waals surface area contributed by atoms with E-state index in [9.17, 15) is 13.2 Å². The molecule has 8 heteroatoms. The molecule has 0 aliphatic carbocycles. The highest BCUT2D eigenvalue weighted by Crippen LogP contribution is 2.28. The molecule has 0 aliphatic rings. The molecular weight excluding hydrogens is 306 g/mol. The maximum absolute atomic E-state index is 11.7. The van der Waals surface area contributed by atoms with E-state index in [4.69, 9.17) is 10.8 Å². The Kier molecular flexibility index (Phi) is 3.87. The fraction of sp³-hybridized carbons (Fsp3) is 0.286. The van der Waals surface area contributed by atoms with Crippen LogP contribution >= 0.6 is 27.3 Å². The molecule has 1 unspecified atom stereocenters. The number of nitrogens with two attached hydrogens (primary N) is 1. The minimum absolute atomic E-state index is 0.0723. The first-order valence-corrected chi connectivity index (χ1v) is 6.96. The van der Waals surface area contributed by atoms with Gasteiger partial charge in [-0.15, -0.1) is 11.3 Å². The summed E-state index contributed by atoms with van der Waals surface area (Å²) in [4.78, 5) is 10.3. The number of aliphatic carboxylic acids is 1. The minimum Gasteiger partial charge on any atom is -0.481 e. The zero-order valence-corrected chi connectivity index (χ0v) is 10.6. The van der Waals surface area contributed by atoms with Gasteiger partial charge in [0.15, 0.2) is 0 Å². The summed E-state index contributed by atoms with van der Waals surface area (Å²) < 4.78 is 24.1. The lowest BCUT2D eigenvalue weighted by Crippen LogP contribution is -2.32. The highest BCUT2D eigenvalue weighted by Gasteiger charge is 2.27. The molecule has 0 aromatic carbocycles. The van der Waals surface area contributed by atoms with Crippen LogP contribution in [0.1, 0.15) is 6.42 Å². The summed E-state index contributed by atoms with van der Waals surface area (Å²) in [5.41, 5.74) is 5.32. The third-order valence-corrected chi connectivity index (χ3v) is 5.63. The van der Waals surface area contributed by atoms with Crippen LogP contribution in [0.15, 0.2) is 20.1 Å². The van der Waals surface area contributed by atoms with Crippen molar-refractivity contribution in [1.82, 2.24) is 0 Å². The van der Waals surface area contributed by atoms with E-state index in [2.05, 4.69) is 15.9 Å². The van der Waals surface area contributed by atoms with E-state index in [0.29, 0.717) is 3.79 Å². The van der Waals surface area contributed by atoms with Crippen molar-refractivity contribution in [3.05, 3.63) is 15.9 Å². The van der Waals surface area contributed by atoms with Crippen molar-refractivity contribution in [2.45, 2.75) is 16.0 Å². The number of hydrogen-bond acceptors (Lipinski definition) is 5. The van der Waals surface area contributed by atoms with Crippen LogP contribution in [0, 0.1) is 0 Å². The lowest BCUT2D eigenvalue weighted by atomic mass is 10.4. The van der Waals surface area contributed by atoms with Gasteiger partial charge in [0, 0.05) is 0 Å². The number of carboxylic acid groups (broad SMARTS) is 1. The van der Waals surface area contributed by atoms with Crippen molar-refractivity contribution in [3.8, 4) is 0 Å². The molecule has 0 aliphatic heterocycles. The molecule has 1 atom stereocenters. The Morgan fingerprint density at radius 3 is 2.60 bits per heavy atom. The van der Waals surface area contributed by atoms with Crippen LogP contribution in [0.2, 0.25) is 0 Å². The predicted molar refractivity (Wildman–Crippen MR) is 59.4 cm³/mol. The van der Waals surface area contributed by atoms with Crippen LogP contribution in [0.3, 0.4) is 0 Å². The van der Waals surface area contributed by atoms with Gasteiger partial charge in [-0.1, -0.05) is 0 Å². The predicted octanol–water partition coefficient (Wildman–Crippen LogP) is 1.04. The fourth-order valence-electron chi connectivity index (χ4n) is 0.882. The van der Waals surface area contributed by atoms with Crippen LogP contribution in [-0.4, -0.2) is 24.9 Å². The van der Waals surface area contributed by atoms with Crippen LogP contribution in [0.5, 0.6) is 0 Å². The van der Waals surface area contributed by atoms with E-state index >= 15 is 0 Å². The largest absolute Gasteiger partial charge is 0.481 e. The highest BCUT2D eigenvalue weighted by atomic mass is 79.9. The molecule has 0 amide bonds. The Morgan fingerprint density at radius 1 is 1.60 bits per heavy atom. The van der Waals surface area contributed by atoms with Gasteiger partial charge in [0.2, 0.25) is 9.84 Å². The van der Waals surface area contributed by atoms with Gasteiger partial charge in [-0.05, 0) is 28.1 Å². The van der Waals surface area contributed by atoms with Crippen LogP contribution in [0.4, 0.5) is 0 Å². The van der Waals surface area contributed by atoms with Gasteiger partial charge in [0.25, 0.3) is 0 Å². The zero-order chi connectivity index (χ0) is 11.6. The maximum Gasteiger partial charge on any atom is 0.306 e. The molecule has 84 valence electrons. The quantitative estimate of drug-likeness (QED) is 0.865. The molecule has 0 bridgehead atoms. The molecule has 0 radical (unpaired) electrons. The summed E-state index contributed by atoms with van der Waals surface area (Å²) in [6.45, 7) is 0. The summed E-state index contributed by atoms with van der Waals surface area (Å²) in [5.74, 6) is -1.23. The van der Waals surface area contributed by atoms with Gasteiger partial charge in [0.1, 0.15) is 9.58 Å². The Bertz CT molecular complexity index is 467. The second kappa shape index (κ2) is 4.60. The van der Waals surface area contributed by atoms with Gasteiger partial charge < -0.3 is 10.8 Å². The third-order valence-electron chi connectivity index (χ3n) is 1.60. The first-order chi connectivity index (χ1) is 6.84. The average molecular weight is 314 g/mol. The lowest BCUT2D eigenvalue weighted by Gasteiger charge is -2.08.